The van der Waals surface area contributed by atoms with Crippen molar-refractivity contribution in [2.75, 3.05) is 11.9 Å². The monoisotopic (exact) mass is 250 g/mol. The molecule has 18 heavy (non-hydrogen) atoms. The molecular formula is C14H22N2O2. The van der Waals surface area contributed by atoms with E-state index in [1.807, 2.05) is 39.0 Å². The summed E-state index contributed by atoms with van der Waals surface area (Å²) >= 11 is 0. The number of urea groups is 1. The molecule has 0 saturated carbocycles. The zero-order valence-corrected chi connectivity index (χ0v) is 11.3. The van der Waals surface area contributed by atoms with E-state index in [-0.39, 0.29) is 18.7 Å². The minimum absolute atomic E-state index is 0.0577. The highest BCUT2D eigenvalue weighted by molar-refractivity contribution is 5.90. The summed E-state index contributed by atoms with van der Waals surface area (Å²) in [7, 11) is 0. The van der Waals surface area contributed by atoms with Gasteiger partial charge in [0.25, 0.3) is 0 Å². The van der Waals surface area contributed by atoms with E-state index in [1.165, 1.54) is 0 Å². The first-order valence-corrected chi connectivity index (χ1v) is 6.29. The van der Waals surface area contributed by atoms with Crippen LogP contribution >= 0.6 is 0 Å². The van der Waals surface area contributed by atoms with Crippen LogP contribution in [-0.4, -0.2) is 23.8 Å². The van der Waals surface area contributed by atoms with E-state index in [1.54, 1.807) is 0 Å². The summed E-state index contributed by atoms with van der Waals surface area (Å²) in [5.74, 6) is 0. The first kappa shape index (κ1) is 14.5. The highest BCUT2D eigenvalue weighted by atomic mass is 16.3. The van der Waals surface area contributed by atoms with Gasteiger partial charge in [-0.15, -0.1) is 0 Å². The molecule has 0 heterocycles. The Hall–Kier alpha value is -1.55. The number of aliphatic hydroxyl groups is 1. The largest absolute Gasteiger partial charge is 0.396 e. The van der Waals surface area contributed by atoms with E-state index >= 15 is 0 Å². The van der Waals surface area contributed by atoms with Crippen LogP contribution in [-0.2, 0) is 0 Å². The molecule has 0 spiro atoms. The molecule has 1 rings (SSSR count). The van der Waals surface area contributed by atoms with Crippen LogP contribution < -0.4 is 10.6 Å². The predicted octanol–water partition coefficient (Wildman–Crippen LogP) is 2.59. The van der Waals surface area contributed by atoms with Crippen molar-refractivity contribution in [1.29, 1.82) is 0 Å². The Morgan fingerprint density at radius 3 is 2.78 bits per heavy atom. The summed E-state index contributed by atoms with van der Waals surface area (Å²) in [4.78, 5) is 11.8. The Morgan fingerprint density at radius 2 is 2.11 bits per heavy atom. The number of hydrogen-bond acceptors (Lipinski definition) is 2. The van der Waals surface area contributed by atoms with Gasteiger partial charge in [-0.2, -0.15) is 0 Å². The minimum atomic E-state index is -0.200. The van der Waals surface area contributed by atoms with Crippen molar-refractivity contribution in [1.82, 2.24) is 5.32 Å². The predicted molar refractivity (Wildman–Crippen MR) is 73.9 cm³/mol. The van der Waals surface area contributed by atoms with Gasteiger partial charge >= 0.3 is 6.03 Å². The van der Waals surface area contributed by atoms with Crippen molar-refractivity contribution in [3.05, 3.63) is 29.3 Å². The molecule has 1 atom stereocenters. The van der Waals surface area contributed by atoms with E-state index in [2.05, 4.69) is 10.6 Å². The van der Waals surface area contributed by atoms with E-state index in [0.717, 1.165) is 23.2 Å². The number of carbonyl (C=O) groups is 1. The van der Waals surface area contributed by atoms with Crippen LogP contribution in [0.15, 0.2) is 18.2 Å². The van der Waals surface area contributed by atoms with Gasteiger partial charge in [0.1, 0.15) is 0 Å². The van der Waals surface area contributed by atoms with Crippen LogP contribution in [0.4, 0.5) is 10.5 Å². The molecule has 1 aromatic carbocycles. The van der Waals surface area contributed by atoms with Crippen LogP contribution in [0.25, 0.3) is 0 Å². The lowest BCUT2D eigenvalue weighted by Gasteiger charge is -2.15. The van der Waals surface area contributed by atoms with Crippen LogP contribution in [0.2, 0.25) is 0 Å². The highest BCUT2D eigenvalue weighted by Crippen LogP contribution is 2.17. The zero-order valence-electron chi connectivity index (χ0n) is 11.3. The van der Waals surface area contributed by atoms with Crippen LogP contribution in [0.1, 0.15) is 30.9 Å². The lowest BCUT2D eigenvalue weighted by molar-refractivity contribution is 0.245. The second-order valence-electron chi connectivity index (χ2n) is 4.61. The maximum absolute atomic E-state index is 11.8. The molecule has 1 unspecified atom stereocenters. The molecule has 2 amide bonds. The fraction of sp³-hybridized carbons (Fsp3) is 0.500. The molecule has 0 aliphatic carbocycles. The average molecular weight is 250 g/mol. The zero-order chi connectivity index (χ0) is 13.5. The molecule has 0 radical (unpaired) electrons. The van der Waals surface area contributed by atoms with E-state index in [9.17, 15) is 4.79 Å². The van der Waals surface area contributed by atoms with Crippen molar-refractivity contribution in [2.45, 2.75) is 39.7 Å². The lowest BCUT2D eigenvalue weighted by atomic mass is 10.1. The lowest BCUT2D eigenvalue weighted by Crippen LogP contribution is -2.36. The Labute approximate surface area is 108 Å². The van der Waals surface area contributed by atoms with E-state index < -0.39 is 0 Å². The number of hydrogen-bond donors (Lipinski definition) is 3. The maximum atomic E-state index is 11.8. The molecule has 1 aromatic rings. The van der Waals surface area contributed by atoms with Crippen molar-refractivity contribution in [2.24, 2.45) is 0 Å². The van der Waals surface area contributed by atoms with Crippen LogP contribution in [0, 0.1) is 13.8 Å². The van der Waals surface area contributed by atoms with Crippen molar-refractivity contribution in [3.8, 4) is 0 Å². The summed E-state index contributed by atoms with van der Waals surface area (Å²) < 4.78 is 0. The Kier molecular flexibility index (Phi) is 5.65. The third kappa shape index (κ3) is 4.37. The number of benzene rings is 1. The number of aliphatic hydroxyl groups excluding tert-OH is 1. The molecule has 0 aliphatic heterocycles. The first-order chi connectivity index (χ1) is 8.54. The van der Waals surface area contributed by atoms with Gasteiger partial charge < -0.3 is 15.7 Å². The van der Waals surface area contributed by atoms with E-state index in [4.69, 9.17) is 5.11 Å². The SMILES string of the molecule is Cc1cccc(NC(=O)NC(C)CCCO)c1C. The van der Waals surface area contributed by atoms with Crippen LogP contribution in [0.3, 0.4) is 0 Å². The quantitative estimate of drug-likeness (QED) is 0.752. The molecule has 0 saturated heterocycles. The fourth-order valence-electron chi connectivity index (χ4n) is 1.74. The normalized spacial score (nSPS) is 12.0. The van der Waals surface area contributed by atoms with Gasteiger partial charge in [-0.3, -0.25) is 0 Å². The van der Waals surface area contributed by atoms with Gasteiger partial charge in [0, 0.05) is 18.3 Å². The van der Waals surface area contributed by atoms with Gasteiger partial charge in [0.2, 0.25) is 0 Å². The molecule has 100 valence electrons. The number of nitrogens with one attached hydrogen (secondary N) is 2. The molecule has 0 fully saturated rings. The molecular weight excluding hydrogens is 228 g/mol. The smallest absolute Gasteiger partial charge is 0.319 e. The van der Waals surface area contributed by atoms with Gasteiger partial charge in [-0.1, -0.05) is 12.1 Å². The third-order valence-electron chi connectivity index (χ3n) is 3.03. The van der Waals surface area contributed by atoms with Crippen molar-refractivity contribution < 1.29 is 9.90 Å². The molecule has 4 nitrogen and oxygen atoms in total. The average Bonchev–Trinajstić information content (AvgIpc) is 2.32. The van der Waals surface area contributed by atoms with Gasteiger partial charge in [-0.25, -0.2) is 4.79 Å². The summed E-state index contributed by atoms with van der Waals surface area (Å²) in [6.45, 7) is 6.09. The topological polar surface area (TPSA) is 61.4 Å². The Morgan fingerprint density at radius 1 is 1.39 bits per heavy atom. The molecule has 3 N–H and O–H groups in total. The number of amides is 2. The summed E-state index contributed by atoms with van der Waals surface area (Å²) in [6, 6.07) is 5.69. The maximum Gasteiger partial charge on any atom is 0.319 e. The number of anilines is 1. The van der Waals surface area contributed by atoms with Crippen LogP contribution in [0.5, 0.6) is 0 Å². The van der Waals surface area contributed by atoms with Gasteiger partial charge in [0.15, 0.2) is 0 Å². The third-order valence-corrected chi connectivity index (χ3v) is 3.03. The Balaban J connectivity index is 2.52. The van der Waals surface area contributed by atoms with Gasteiger partial charge in [0.05, 0.1) is 0 Å². The van der Waals surface area contributed by atoms with Crippen molar-refractivity contribution >= 4 is 11.7 Å². The number of carbonyl (C=O) groups excluding carboxylic acids is 1. The second-order valence-corrected chi connectivity index (χ2v) is 4.61. The molecule has 4 heteroatoms. The number of aryl methyl sites for hydroxylation is 1. The Bertz CT molecular complexity index is 405. The summed E-state index contributed by atoms with van der Waals surface area (Å²) in [5, 5.41) is 14.4. The fourth-order valence-corrected chi connectivity index (χ4v) is 1.74. The highest BCUT2D eigenvalue weighted by Gasteiger charge is 2.08. The molecule has 0 aromatic heterocycles. The van der Waals surface area contributed by atoms with E-state index in [0.29, 0.717) is 6.42 Å². The van der Waals surface area contributed by atoms with Gasteiger partial charge in [-0.05, 0) is 50.8 Å². The number of rotatable bonds is 5. The second kappa shape index (κ2) is 7.01. The molecule has 0 bridgehead atoms. The first-order valence-electron chi connectivity index (χ1n) is 6.29. The van der Waals surface area contributed by atoms with Crippen molar-refractivity contribution in [3.63, 3.8) is 0 Å². The molecule has 0 aliphatic rings. The minimum Gasteiger partial charge on any atom is -0.396 e. The summed E-state index contributed by atoms with van der Waals surface area (Å²) in [6.07, 6.45) is 1.47. The summed E-state index contributed by atoms with van der Waals surface area (Å²) in [5.41, 5.74) is 3.07. The standard InChI is InChI=1S/C14H22N2O2/c1-10-6-4-8-13(12(10)3)16-14(18)15-11(2)7-5-9-17/h4,6,8,11,17H,5,7,9H2,1-3H3,(H2,15,16,18).